The maximum absolute atomic E-state index is 9.42. The molecule has 0 atom stereocenters. The molecular weight excluding hydrogens is 192 g/mol. The predicted octanol–water partition coefficient (Wildman–Crippen LogP) is 1.67. The van der Waals surface area contributed by atoms with Gasteiger partial charge in [-0.25, -0.2) is 0 Å². The van der Waals surface area contributed by atoms with Gasteiger partial charge in [0.1, 0.15) is 6.61 Å². The molecule has 0 saturated carbocycles. The van der Waals surface area contributed by atoms with Crippen LogP contribution in [-0.2, 0) is 6.54 Å². The lowest BCUT2D eigenvalue weighted by Gasteiger charge is -2.07. The second kappa shape index (κ2) is 4.50. The number of hydrogen-bond acceptors (Lipinski definition) is 3. The van der Waals surface area contributed by atoms with E-state index < -0.39 is 0 Å². The van der Waals surface area contributed by atoms with Crippen molar-refractivity contribution < 1.29 is 9.84 Å². The van der Waals surface area contributed by atoms with Gasteiger partial charge in [0, 0.05) is 12.4 Å². The SMILES string of the molecule is Oc1ccccc1OCCn1cccn1. The fourth-order valence-corrected chi connectivity index (χ4v) is 1.26. The molecule has 4 heteroatoms. The van der Waals surface area contributed by atoms with Crippen LogP contribution in [0.1, 0.15) is 0 Å². The highest BCUT2D eigenvalue weighted by Crippen LogP contribution is 2.23. The van der Waals surface area contributed by atoms with Gasteiger partial charge in [0.05, 0.1) is 6.54 Å². The van der Waals surface area contributed by atoms with Crippen LogP contribution in [0.5, 0.6) is 11.5 Å². The molecule has 78 valence electrons. The van der Waals surface area contributed by atoms with Gasteiger partial charge < -0.3 is 9.84 Å². The van der Waals surface area contributed by atoms with Crippen molar-refractivity contribution in [3.8, 4) is 11.5 Å². The summed E-state index contributed by atoms with van der Waals surface area (Å²) in [7, 11) is 0. The third kappa shape index (κ3) is 2.49. The van der Waals surface area contributed by atoms with Gasteiger partial charge in [-0.2, -0.15) is 5.10 Å². The van der Waals surface area contributed by atoms with Crippen LogP contribution in [0.4, 0.5) is 0 Å². The van der Waals surface area contributed by atoms with Crippen LogP contribution in [0, 0.1) is 0 Å². The summed E-state index contributed by atoms with van der Waals surface area (Å²) in [4.78, 5) is 0. The number of aromatic nitrogens is 2. The molecule has 1 heterocycles. The Morgan fingerprint density at radius 1 is 1.27 bits per heavy atom. The standard InChI is InChI=1S/C11H12N2O2/c14-10-4-1-2-5-11(10)15-9-8-13-7-3-6-12-13/h1-7,14H,8-9H2. The first-order valence-corrected chi connectivity index (χ1v) is 4.74. The Kier molecular flexibility index (Phi) is 2.88. The van der Waals surface area contributed by atoms with Gasteiger partial charge in [-0.05, 0) is 18.2 Å². The predicted molar refractivity (Wildman–Crippen MR) is 55.8 cm³/mol. The summed E-state index contributed by atoms with van der Waals surface area (Å²) < 4.78 is 7.18. The summed E-state index contributed by atoms with van der Waals surface area (Å²) in [5, 5.41) is 13.5. The van der Waals surface area contributed by atoms with Crippen molar-refractivity contribution in [2.75, 3.05) is 6.61 Å². The average molecular weight is 204 g/mol. The van der Waals surface area contributed by atoms with Crippen LogP contribution in [0.3, 0.4) is 0 Å². The zero-order chi connectivity index (χ0) is 10.5. The molecular formula is C11H12N2O2. The monoisotopic (exact) mass is 204 g/mol. The maximum atomic E-state index is 9.42. The summed E-state index contributed by atoms with van der Waals surface area (Å²) in [6.07, 6.45) is 3.59. The number of rotatable bonds is 4. The number of nitrogens with zero attached hydrogens (tertiary/aromatic N) is 2. The van der Waals surface area contributed by atoms with Crippen molar-refractivity contribution in [3.05, 3.63) is 42.7 Å². The van der Waals surface area contributed by atoms with Crippen molar-refractivity contribution in [3.63, 3.8) is 0 Å². The van der Waals surface area contributed by atoms with Gasteiger partial charge in [0.15, 0.2) is 11.5 Å². The second-order valence-corrected chi connectivity index (χ2v) is 3.09. The number of ether oxygens (including phenoxy) is 1. The molecule has 0 spiro atoms. The van der Waals surface area contributed by atoms with E-state index in [9.17, 15) is 5.11 Å². The molecule has 2 aromatic rings. The van der Waals surface area contributed by atoms with E-state index >= 15 is 0 Å². The molecule has 15 heavy (non-hydrogen) atoms. The largest absolute Gasteiger partial charge is 0.504 e. The molecule has 0 fully saturated rings. The molecule has 1 N–H and O–H groups in total. The van der Waals surface area contributed by atoms with Crippen molar-refractivity contribution in [2.45, 2.75) is 6.54 Å². The van der Waals surface area contributed by atoms with Crippen LogP contribution in [0.2, 0.25) is 0 Å². The molecule has 0 aliphatic rings. The van der Waals surface area contributed by atoms with Gasteiger partial charge in [-0.3, -0.25) is 4.68 Å². The molecule has 1 aromatic heterocycles. The molecule has 0 aliphatic heterocycles. The molecule has 0 unspecified atom stereocenters. The summed E-state index contributed by atoms with van der Waals surface area (Å²) >= 11 is 0. The van der Waals surface area contributed by atoms with Gasteiger partial charge >= 0.3 is 0 Å². The van der Waals surface area contributed by atoms with E-state index in [1.807, 2.05) is 18.3 Å². The minimum absolute atomic E-state index is 0.165. The van der Waals surface area contributed by atoms with E-state index in [0.29, 0.717) is 18.9 Å². The van der Waals surface area contributed by atoms with Gasteiger partial charge in [0.2, 0.25) is 0 Å². The number of phenolic OH excluding ortho intramolecular Hbond substituents is 1. The Labute approximate surface area is 87.7 Å². The average Bonchev–Trinajstić information content (AvgIpc) is 2.74. The van der Waals surface area contributed by atoms with Crippen molar-refractivity contribution in [1.29, 1.82) is 0 Å². The highest BCUT2D eigenvalue weighted by molar-refractivity contribution is 5.37. The molecule has 2 rings (SSSR count). The normalized spacial score (nSPS) is 10.1. The van der Waals surface area contributed by atoms with Crippen molar-refractivity contribution >= 4 is 0 Å². The summed E-state index contributed by atoms with van der Waals surface area (Å²) in [6, 6.07) is 8.78. The fraction of sp³-hybridized carbons (Fsp3) is 0.182. The summed E-state index contributed by atoms with van der Waals surface area (Å²) in [6.45, 7) is 1.15. The van der Waals surface area contributed by atoms with Crippen LogP contribution < -0.4 is 4.74 Å². The van der Waals surface area contributed by atoms with Gasteiger partial charge in [-0.1, -0.05) is 12.1 Å². The Morgan fingerprint density at radius 2 is 2.13 bits per heavy atom. The molecule has 0 aliphatic carbocycles. The summed E-state index contributed by atoms with van der Waals surface area (Å²) in [5.74, 6) is 0.669. The molecule has 0 saturated heterocycles. The van der Waals surface area contributed by atoms with E-state index in [-0.39, 0.29) is 5.75 Å². The molecule has 0 amide bonds. The first kappa shape index (κ1) is 9.58. The maximum Gasteiger partial charge on any atom is 0.161 e. The van der Waals surface area contributed by atoms with E-state index in [1.54, 1.807) is 29.1 Å². The first-order valence-electron chi connectivity index (χ1n) is 4.74. The van der Waals surface area contributed by atoms with E-state index in [4.69, 9.17) is 4.74 Å². The van der Waals surface area contributed by atoms with Crippen LogP contribution in [-0.4, -0.2) is 21.5 Å². The smallest absolute Gasteiger partial charge is 0.161 e. The minimum Gasteiger partial charge on any atom is -0.504 e. The van der Waals surface area contributed by atoms with Crippen LogP contribution in [0.15, 0.2) is 42.7 Å². The Bertz CT molecular complexity index is 412. The lowest BCUT2D eigenvalue weighted by atomic mass is 10.3. The van der Waals surface area contributed by atoms with Crippen molar-refractivity contribution in [1.82, 2.24) is 9.78 Å². The third-order valence-electron chi connectivity index (χ3n) is 2.00. The zero-order valence-corrected chi connectivity index (χ0v) is 8.21. The van der Waals surface area contributed by atoms with E-state index in [0.717, 1.165) is 0 Å². The summed E-state index contributed by atoms with van der Waals surface area (Å²) in [5.41, 5.74) is 0. The molecule has 0 bridgehead atoms. The van der Waals surface area contributed by atoms with Crippen LogP contribution >= 0.6 is 0 Å². The number of benzene rings is 1. The van der Waals surface area contributed by atoms with Crippen molar-refractivity contribution in [2.24, 2.45) is 0 Å². The molecule has 0 radical (unpaired) electrons. The number of hydrogen-bond donors (Lipinski definition) is 1. The highest BCUT2D eigenvalue weighted by Gasteiger charge is 1.99. The van der Waals surface area contributed by atoms with E-state index in [1.165, 1.54) is 0 Å². The lowest BCUT2D eigenvalue weighted by molar-refractivity contribution is 0.277. The highest BCUT2D eigenvalue weighted by atomic mass is 16.5. The Balaban J connectivity index is 1.86. The number of para-hydroxylation sites is 2. The number of phenols is 1. The Hall–Kier alpha value is -1.97. The molecule has 1 aromatic carbocycles. The first-order chi connectivity index (χ1) is 7.36. The van der Waals surface area contributed by atoms with E-state index in [2.05, 4.69) is 5.10 Å². The fourth-order valence-electron chi connectivity index (χ4n) is 1.26. The quantitative estimate of drug-likeness (QED) is 0.824. The lowest BCUT2D eigenvalue weighted by Crippen LogP contribution is -2.08. The Morgan fingerprint density at radius 3 is 2.87 bits per heavy atom. The topological polar surface area (TPSA) is 47.3 Å². The van der Waals surface area contributed by atoms with Gasteiger partial charge in [0.25, 0.3) is 0 Å². The second-order valence-electron chi connectivity index (χ2n) is 3.09. The van der Waals surface area contributed by atoms with Gasteiger partial charge in [-0.15, -0.1) is 0 Å². The molecule has 4 nitrogen and oxygen atoms in total. The third-order valence-corrected chi connectivity index (χ3v) is 2.00. The van der Waals surface area contributed by atoms with Crippen LogP contribution in [0.25, 0.3) is 0 Å². The zero-order valence-electron chi connectivity index (χ0n) is 8.21. The number of aromatic hydroxyl groups is 1. The minimum atomic E-state index is 0.165.